The predicted molar refractivity (Wildman–Crippen MR) is 127 cm³/mol. The van der Waals surface area contributed by atoms with E-state index in [1.165, 1.54) is 12.1 Å². The van der Waals surface area contributed by atoms with Crippen LogP contribution in [0.3, 0.4) is 0 Å². The number of pyridine rings is 1. The van der Waals surface area contributed by atoms with Gasteiger partial charge in [-0.15, -0.1) is 11.3 Å². The highest BCUT2D eigenvalue weighted by molar-refractivity contribution is 7.80. The normalized spacial score (nSPS) is 12.2. The van der Waals surface area contributed by atoms with Crippen molar-refractivity contribution in [1.82, 2.24) is 9.88 Å². The zero-order valence-corrected chi connectivity index (χ0v) is 18.4. The Morgan fingerprint density at radius 1 is 1.12 bits per heavy atom. The number of H-pyrrole nitrogens is 1. The first kappa shape index (κ1) is 20.5. The number of aromatic amines is 1. The largest absolute Gasteiger partial charge is 0.454 e. The Morgan fingerprint density at radius 2 is 1.91 bits per heavy atom. The summed E-state index contributed by atoms with van der Waals surface area (Å²) >= 11 is 7.26. The highest BCUT2D eigenvalue weighted by Gasteiger charge is 2.18. The summed E-state index contributed by atoms with van der Waals surface area (Å²) in [4.78, 5) is 18.8. The minimum Gasteiger partial charge on any atom is -0.454 e. The summed E-state index contributed by atoms with van der Waals surface area (Å²) in [5.41, 5.74) is 1.72. The lowest BCUT2D eigenvalue weighted by molar-refractivity contribution is 0.174. The van der Waals surface area contributed by atoms with Crippen molar-refractivity contribution in [2.45, 2.75) is 13.1 Å². The van der Waals surface area contributed by atoms with E-state index >= 15 is 0 Å². The van der Waals surface area contributed by atoms with Gasteiger partial charge in [-0.25, -0.2) is 4.39 Å². The molecule has 0 saturated carbocycles. The van der Waals surface area contributed by atoms with Crippen LogP contribution in [-0.4, -0.2) is 21.8 Å². The lowest BCUT2D eigenvalue weighted by atomic mass is 10.1. The van der Waals surface area contributed by atoms with Gasteiger partial charge in [0.15, 0.2) is 16.6 Å². The van der Waals surface area contributed by atoms with Crippen LogP contribution in [0.25, 0.3) is 10.9 Å². The monoisotopic (exact) mass is 467 g/mol. The molecule has 2 aromatic carbocycles. The molecule has 5 rings (SSSR count). The first-order chi connectivity index (χ1) is 15.5. The maximum absolute atomic E-state index is 13.3. The van der Waals surface area contributed by atoms with Crippen molar-refractivity contribution in [1.29, 1.82) is 0 Å². The number of anilines is 1. The molecule has 2 aromatic heterocycles. The molecule has 9 heteroatoms. The fraction of sp³-hybridized carbons (Fsp3) is 0.130. The Kier molecular flexibility index (Phi) is 5.50. The van der Waals surface area contributed by atoms with Gasteiger partial charge in [-0.3, -0.25) is 4.79 Å². The Bertz CT molecular complexity index is 1340. The Labute approximate surface area is 192 Å². The number of halogens is 1. The highest BCUT2D eigenvalue weighted by atomic mass is 32.1. The molecule has 1 aliphatic heterocycles. The Balaban J connectivity index is 1.44. The summed E-state index contributed by atoms with van der Waals surface area (Å²) in [6.45, 7) is 0.995. The molecule has 1 aliphatic rings. The molecule has 0 aliphatic carbocycles. The van der Waals surface area contributed by atoms with Crippen molar-refractivity contribution in [3.8, 4) is 11.5 Å². The van der Waals surface area contributed by atoms with Crippen molar-refractivity contribution >= 4 is 45.3 Å². The summed E-state index contributed by atoms with van der Waals surface area (Å²) in [6, 6.07) is 15.4. The van der Waals surface area contributed by atoms with E-state index in [2.05, 4.69) is 10.3 Å². The van der Waals surface area contributed by atoms with Gasteiger partial charge in [0.05, 0.1) is 18.6 Å². The van der Waals surface area contributed by atoms with E-state index < -0.39 is 0 Å². The van der Waals surface area contributed by atoms with Crippen molar-refractivity contribution in [3.05, 3.63) is 86.6 Å². The molecule has 0 unspecified atom stereocenters. The number of aromatic nitrogens is 1. The first-order valence-corrected chi connectivity index (χ1v) is 11.1. The third kappa shape index (κ3) is 4.30. The molecule has 0 amide bonds. The van der Waals surface area contributed by atoms with E-state index in [0.29, 0.717) is 46.5 Å². The molecule has 6 nitrogen and oxygen atoms in total. The molecule has 0 radical (unpaired) electrons. The molecule has 3 heterocycles. The van der Waals surface area contributed by atoms with E-state index in [9.17, 15) is 9.18 Å². The molecular weight excluding hydrogens is 449 g/mol. The molecule has 0 fully saturated rings. The highest BCUT2D eigenvalue weighted by Crippen LogP contribution is 2.35. The summed E-state index contributed by atoms with van der Waals surface area (Å²) in [7, 11) is 0. The fourth-order valence-electron chi connectivity index (χ4n) is 3.49. The fourth-order valence-corrected chi connectivity index (χ4v) is 4.46. The van der Waals surface area contributed by atoms with Crippen LogP contribution in [0, 0.1) is 5.82 Å². The number of hydrogen-bond donors (Lipinski definition) is 2. The lowest BCUT2D eigenvalue weighted by Gasteiger charge is -2.25. The second-order valence-electron chi connectivity index (χ2n) is 7.29. The van der Waals surface area contributed by atoms with Crippen LogP contribution in [0.1, 0.15) is 10.4 Å². The van der Waals surface area contributed by atoms with Crippen LogP contribution in [0.4, 0.5) is 10.1 Å². The molecular formula is C23H18FN3O3S2. The van der Waals surface area contributed by atoms with Crippen molar-refractivity contribution < 1.29 is 13.9 Å². The molecule has 32 heavy (non-hydrogen) atoms. The third-order valence-corrected chi connectivity index (χ3v) is 6.31. The van der Waals surface area contributed by atoms with E-state index in [1.807, 2.05) is 34.5 Å². The molecule has 4 aromatic rings. The quantitative estimate of drug-likeness (QED) is 0.409. The minimum atomic E-state index is -0.319. The number of benzene rings is 2. The number of thiophene rings is 1. The van der Waals surface area contributed by atoms with Crippen LogP contribution in [0.5, 0.6) is 11.5 Å². The topological polar surface area (TPSA) is 66.6 Å². The number of rotatable bonds is 5. The van der Waals surface area contributed by atoms with Crippen molar-refractivity contribution in [2.24, 2.45) is 0 Å². The molecule has 162 valence electrons. The van der Waals surface area contributed by atoms with Gasteiger partial charge < -0.3 is 24.7 Å². The molecule has 2 N–H and O–H groups in total. The number of nitrogens with one attached hydrogen (secondary N) is 2. The van der Waals surface area contributed by atoms with Crippen LogP contribution >= 0.6 is 23.6 Å². The summed E-state index contributed by atoms with van der Waals surface area (Å²) in [5, 5.41) is 6.42. The summed E-state index contributed by atoms with van der Waals surface area (Å²) in [5.74, 6) is 0.949. The second kappa shape index (κ2) is 8.60. The standard InChI is InChI=1S/C23H18FN3O3S2/c24-16-3-5-17(6-4-16)25-23(31)27(12-18-2-1-7-32-18)11-15-8-14-9-20-21(30-13-29-20)10-19(14)26-22(15)28/h1-10H,11-13H2,(H,25,31)(H,26,28). The molecule has 0 bridgehead atoms. The number of fused-ring (bicyclic) bond motifs is 2. The van der Waals surface area contributed by atoms with Gasteiger partial charge in [0.25, 0.3) is 5.56 Å². The number of ether oxygens (including phenoxy) is 2. The molecule has 0 saturated heterocycles. The number of hydrogen-bond acceptors (Lipinski definition) is 5. The van der Waals surface area contributed by atoms with E-state index in [-0.39, 0.29) is 18.2 Å². The maximum atomic E-state index is 13.3. The zero-order valence-electron chi connectivity index (χ0n) is 16.8. The Morgan fingerprint density at radius 3 is 2.66 bits per heavy atom. The van der Waals surface area contributed by atoms with Crippen LogP contribution in [0.2, 0.25) is 0 Å². The van der Waals surface area contributed by atoms with Crippen LogP contribution in [-0.2, 0) is 13.1 Å². The van der Waals surface area contributed by atoms with Gasteiger partial charge in [-0.2, -0.15) is 0 Å². The zero-order chi connectivity index (χ0) is 22.1. The van der Waals surface area contributed by atoms with E-state index in [0.717, 1.165) is 10.3 Å². The van der Waals surface area contributed by atoms with Crippen molar-refractivity contribution in [2.75, 3.05) is 12.1 Å². The summed E-state index contributed by atoms with van der Waals surface area (Å²) in [6.07, 6.45) is 0. The SMILES string of the molecule is O=c1[nH]c2cc3c(cc2cc1CN(Cc1cccs1)C(=S)Nc1ccc(F)cc1)OCO3. The number of nitrogens with zero attached hydrogens (tertiary/aromatic N) is 1. The van der Waals surface area contributed by atoms with E-state index in [4.69, 9.17) is 21.7 Å². The average molecular weight is 468 g/mol. The number of thiocarbonyl (C=S) groups is 1. The van der Waals surface area contributed by atoms with Gasteiger partial charge in [0.2, 0.25) is 6.79 Å². The smallest absolute Gasteiger partial charge is 0.253 e. The predicted octanol–water partition coefficient (Wildman–Crippen LogP) is 4.86. The van der Waals surface area contributed by atoms with Gasteiger partial charge >= 0.3 is 0 Å². The van der Waals surface area contributed by atoms with Gasteiger partial charge in [0.1, 0.15) is 5.82 Å². The minimum absolute atomic E-state index is 0.167. The first-order valence-electron chi connectivity index (χ1n) is 9.84. The average Bonchev–Trinajstić information content (AvgIpc) is 3.45. The van der Waals surface area contributed by atoms with Gasteiger partial charge in [-0.1, -0.05) is 6.07 Å². The summed E-state index contributed by atoms with van der Waals surface area (Å²) < 4.78 is 24.1. The molecule has 0 atom stereocenters. The van der Waals surface area contributed by atoms with E-state index in [1.54, 1.807) is 29.5 Å². The Hall–Kier alpha value is -3.43. The third-order valence-electron chi connectivity index (χ3n) is 5.09. The van der Waals surface area contributed by atoms with Gasteiger partial charge in [-0.05, 0) is 60.1 Å². The molecule has 0 spiro atoms. The van der Waals surface area contributed by atoms with Crippen LogP contribution in [0.15, 0.2) is 64.8 Å². The van der Waals surface area contributed by atoms with Gasteiger partial charge in [0, 0.05) is 27.6 Å². The second-order valence-corrected chi connectivity index (χ2v) is 8.71. The maximum Gasteiger partial charge on any atom is 0.253 e. The lowest BCUT2D eigenvalue weighted by Crippen LogP contribution is -2.35. The van der Waals surface area contributed by atoms with Crippen molar-refractivity contribution in [3.63, 3.8) is 0 Å². The van der Waals surface area contributed by atoms with Crippen LogP contribution < -0.4 is 20.3 Å².